The van der Waals surface area contributed by atoms with Crippen molar-refractivity contribution >= 4 is 54.7 Å². The van der Waals surface area contributed by atoms with E-state index in [0.717, 1.165) is 22.4 Å². The molecular weight excluding hydrogens is 583 g/mol. The number of carbonyl (C=O) groups is 2. The van der Waals surface area contributed by atoms with Gasteiger partial charge in [0.2, 0.25) is 5.91 Å². The number of amides is 2. The summed E-state index contributed by atoms with van der Waals surface area (Å²) < 4.78 is 0. The molecule has 0 bridgehead atoms. The second-order valence-corrected chi connectivity index (χ2v) is 10.1. The fourth-order valence-corrected chi connectivity index (χ4v) is 4.54. The van der Waals surface area contributed by atoms with E-state index < -0.39 is 0 Å². The molecule has 0 fully saturated rings. The lowest BCUT2D eigenvalue weighted by atomic mass is 10.0. The lowest BCUT2D eigenvalue weighted by Gasteiger charge is -2.31. The molecular formula is C30H41Cl3N6O2. The van der Waals surface area contributed by atoms with Crippen molar-refractivity contribution in [2.45, 2.75) is 39.9 Å². The number of carbonyl (C=O) groups excluding carboxylic acids is 2. The van der Waals surface area contributed by atoms with E-state index in [1.165, 1.54) is 11.1 Å². The molecule has 0 aliphatic carbocycles. The number of hydrogen-bond donors (Lipinski definition) is 2. The molecule has 1 aliphatic rings. The summed E-state index contributed by atoms with van der Waals surface area (Å²) in [6.07, 6.45) is 3.57. The number of nitrogens with zero attached hydrogens (tertiary/aromatic N) is 4. The smallest absolute Gasteiger partial charge is 0.256 e. The zero-order valence-corrected chi connectivity index (χ0v) is 26.5. The molecule has 0 radical (unpaired) electrons. The van der Waals surface area contributed by atoms with Gasteiger partial charge < -0.3 is 15.5 Å². The second-order valence-electron chi connectivity index (χ2n) is 10.1. The van der Waals surface area contributed by atoms with Crippen LogP contribution in [0.4, 0.5) is 5.69 Å². The van der Waals surface area contributed by atoms with Crippen LogP contribution in [0.15, 0.2) is 67.0 Å². The first-order valence-corrected chi connectivity index (χ1v) is 13.2. The average molecular weight is 624 g/mol. The van der Waals surface area contributed by atoms with E-state index in [1.54, 1.807) is 23.2 Å². The fraction of sp³-hybridized carbons (Fsp3) is 0.367. The van der Waals surface area contributed by atoms with E-state index in [1.807, 2.05) is 60.6 Å². The normalized spacial score (nSPS) is 11.9. The first-order valence-electron chi connectivity index (χ1n) is 13.2. The van der Waals surface area contributed by atoms with Crippen LogP contribution >= 0.6 is 37.2 Å². The molecule has 0 unspecified atom stereocenters. The maximum atomic E-state index is 13.4. The third-order valence-corrected chi connectivity index (χ3v) is 6.88. The summed E-state index contributed by atoms with van der Waals surface area (Å²) in [4.78, 5) is 32.5. The van der Waals surface area contributed by atoms with E-state index in [4.69, 9.17) is 0 Å². The first kappa shape index (κ1) is 36.1. The molecule has 0 atom stereocenters. The summed E-state index contributed by atoms with van der Waals surface area (Å²) in [5, 5.41) is 10.3. The Bertz CT molecular complexity index is 1240. The van der Waals surface area contributed by atoms with Crippen LogP contribution in [0.2, 0.25) is 0 Å². The molecule has 0 spiro atoms. The van der Waals surface area contributed by atoms with Crippen LogP contribution in [0, 0.1) is 6.92 Å². The molecule has 4 rings (SSSR count). The Balaban J connectivity index is 0.00000280. The Morgan fingerprint density at radius 2 is 1.63 bits per heavy atom. The number of benzene rings is 2. The van der Waals surface area contributed by atoms with Crippen LogP contribution in [0.25, 0.3) is 11.1 Å². The van der Waals surface area contributed by atoms with Crippen LogP contribution in [0.1, 0.15) is 30.5 Å². The summed E-state index contributed by atoms with van der Waals surface area (Å²) in [7, 11) is 1.79. The number of pyridine rings is 1. The van der Waals surface area contributed by atoms with Crippen molar-refractivity contribution in [2.24, 2.45) is 0 Å². The predicted molar refractivity (Wildman–Crippen MR) is 173 cm³/mol. The standard InChI is InChI=1S/C30H38N6O2.3ClH/c1-22(2)32-14-15-35(21-30(38)34(4)36-19-26-8-5-6-9-27(26)20-36)29(37)18-33-28-16-24(12-11-23(28)3)25-10-7-13-31-17-25;;;/h5-13,16-17,22,32-33H,14-15,18-21H2,1-4H3;3*1H. The molecule has 41 heavy (non-hydrogen) atoms. The van der Waals surface area contributed by atoms with Crippen molar-refractivity contribution in [3.05, 3.63) is 83.7 Å². The van der Waals surface area contributed by atoms with Gasteiger partial charge in [0.15, 0.2) is 0 Å². The lowest BCUT2D eigenvalue weighted by Crippen LogP contribution is -2.49. The number of hydrazine groups is 1. The molecule has 1 aliphatic heterocycles. The van der Waals surface area contributed by atoms with Crippen molar-refractivity contribution in [2.75, 3.05) is 38.5 Å². The molecule has 0 saturated heterocycles. The van der Waals surface area contributed by atoms with Gasteiger partial charge in [-0.05, 0) is 41.3 Å². The van der Waals surface area contributed by atoms with Crippen LogP contribution in [0.3, 0.4) is 0 Å². The van der Waals surface area contributed by atoms with E-state index in [9.17, 15) is 9.59 Å². The minimum atomic E-state index is -0.117. The zero-order valence-electron chi connectivity index (χ0n) is 24.0. The molecule has 8 nitrogen and oxygen atoms in total. The summed E-state index contributed by atoms with van der Waals surface area (Å²) in [6, 6.07) is 18.6. The molecule has 2 amide bonds. The van der Waals surface area contributed by atoms with Crippen molar-refractivity contribution in [3.8, 4) is 11.1 Å². The van der Waals surface area contributed by atoms with Crippen LogP contribution < -0.4 is 10.6 Å². The highest BCUT2D eigenvalue weighted by molar-refractivity contribution is 5.87. The van der Waals surface area contributed by atoms with Gasteiger partial charge in [0, 0.05) is 62.9 Å². The minimum absolute atomic E-state index is 0. The summed E-state index contributed by atoms with van der Waals surface area (Å²) in [6.45, 7) is 8.72. The number of aryl methyl sites for hydroxylation is 1. The highest BCUT2D eigenvalue weighted by Crippen LogP contribution is 2.25. The molecule has 0 saturated carbocycles. The van der Waals surface area contributed by atoms with Crippen molar-refractivity contribution in [1.82, 2.24) is 25.2 Å². The SMILES string of the molecule is Cc1ccc(-c2cccnc2)cc1NCC(=O)N(CCNC(C)C)CC(=O)N(C)N1Cc2ccccc2C1.Cl.Cl.Cl. The molecule has 2 N–H and O–H groups in total. The number of rotatable bonds is 11. The van der Waals surface area contributed by atoms with Gasteiger partial charge in [0.25, 0.3) is 5.91 Å². The largest absolute Gasteiger partial charge is 0.376 e. The molecule has 3 aromatic rings. The van der Waals surface area contributed by atoms with Crippen molar-refractivity contribution in [3.63, 3.8) is 0 Å². The summed E-state index contributed by atoms with van der Waals surface area (Å²) in [5.41, 5.74) is 6.44. The van der Waals surface area contributed by atoms with Gasteiger partial charge >= 0.3 is 0 Å². The lowest BCUT2D eigenvalue weighted by molar-refractivity contribution is -0.151. The minimum Gasteiger partial charge on any atom is -0.376 e. The number of nitrogens with one attached hydrogen (secondary N) is 2. The second kappa shape index (κ2) is 17.2. The van der Waals surface area contributed by atoms with Gasteiger partial charge in [-0.1, -0.05) is 56.3 Å². The molecule has 2 heterocycles. The third-order valence-electron chi connectivity index (χ3n) is 6.88. The summed E-state index contributed by atoms with van der Waals surface area (Å²) >= 11 is 0. The van der Waals surface area contributed by atoms with Crippen LogP contribution in [0.5, 0.6) is 0 Å². The molecule has 11 heteroatoms. The Kier molecular flexibility index (Phi) is 15.1. The monoisotopic (exact) mass is 622 g/mol. The Hall–Kier alpha value is -2.88. The van der Waals surface area contributed by atoms with Gasteiger partial charge in [-0.2, -0.15) is 0 Å². The van der Waals surface area contributed by atoms with Crippen molar-refractivity contribution in [1.29, 1.82) is 0 Å². The maximum Gasteiger partial charge on any atom is 0.256 e. The van der Waals surface area contributed by atoms with Gasteiger partial charge in [-0.15, -0.1) is 37.2 Å². The highest BCUT2D eigenvalue weighted by atomic mass is 35.5. The quantitative estimate of drug-likeness (QED) is 0.315. The van der Waals surface area contributed by atoms with Gasteiger partial charge in [0.1, 0.15) is 6.54 Å². The predicted octanol–water partition coefficient (Wildman–Crippen LogP) is 4.95. The fourth-order valence-electron chi connectivity index (χ4n) is 4.54. The Labute approximate surface area is 262 Å². The van der Waals surface area contributed by atoms with E-state index in [0.29, 0.717) is 32.2 Å². The number of likely N-dealkylation sites (N-methyl/N-ethyl adjacent to an activating group) is 1. The maximum absolute atomic E-state index is 13.4. The zero-order chi connectivity index (χ0) is 27.1. The van der Waals surface area contributed by atoms with Gasteiger partial charge in [0.05, 0.1) is 6.54 Å². The Morgan fingerprint density at radius 1 is 0.951 bits per heavy atom. The number of fused-ring (bicyclic) bond motifs is 1. The third kappa shape index (κ3) is 9.87. The molecule has 224 valence electrons. The highest BCUT2D eigenvalue weighted by Gasteiger charge is 2.27. The molecule has 1 aromatic heterocycles. The van der Waals surface area contributed by atoms with Crippen LogP contribution in [-0.4, -0.2) is 71.0 Å². The first-order chi connectivity index (χ1) is 18.3. The topological polar surface area (TPSA) is 80.8 Å². The van der Waals surface area contributed by atoms with Crippen molar-refractivity contribution < 1.29 is 9.59 Å². The number of halogens is 3. The number of aromatic nitrogens is 1. The average Bonchev–Trinajstić information content (AvgIpc) is 3.36. The summed E-state index contributed by atoms with van der Waals surface area (Å²) in [5.74, 6) is -0.223. The van der Waals surface area contributed by atoms with E-state index in [-0.39, 0.29) is 62.1 Å². The molecule has 2 aromatic carbocycles. The van der Waals surface area contributed by atoms with E-state index >= 15 is 0 Å². The van der Waals surface area contributed by atoms with Gasteiger partial charge in [-0.3, -0.25) is 19.6 Å². The van der Waals surface area contributed by atoms with Gasteiger partial charge in [-0.25, -0.2) is 5.01 Å². The Morgan fingerprint density at radius 3 is 2.24 bits per heavy atom. The van der Waals surface area contributed by atoms with E-state index in [2.05, 4.69) is 41.6 Å². The number of hydrogen-bond acceptors (Lipinski definition) is 6. The van der Waals surface area contributed by atoms with Crippen LogP contribution in [-0.2, 0) is 22.7 Å². The number of anilines is 1.